The molecule has 0 unspecified atom stereocenters. The minimum Gasteiger partial charge on any atom is -0.384 e. The first-order chi connectivity index (χ1) is 8.56. The molecule has 0 spiro atoms. The summed E-state index contributed by atoms with van der Waals surface area (Å²) >= 11 is 1.42. The molecule has 18 heavy (non-hydrogen) atoms. The highest BCUT2D eigenvalue weighted by molar-refractivity contribution is 7.99. The summed E-state index contributed by atoms with van der Waals surface area (Å²) in [5.74, 6) is 0.0638. The van der Waals surface area contributed by atoms with Crippen LogP contribution in [0.5, 0.6) is 0 Å². The Morgan fingerprint density at radius 1 is 1.28 bits per heavy atom. The molecule has 1 aromatic heterocycles. The maximum atomic E-state index is 7.60. The van der Waals surface area contributed by atoms with Crippen molar-refractivity contribution in [3.05, 3.63) is 47.3 Å². The summed E-state index contributed by atoms with van der Waals surface area (Å²) in [6, 6.07) is 7.69. The van der Waals surface area contributed by atoms with Crippen LogP contribution in [-0.2, 0) is 0 Å². The molecule has 3 N–H and O–H groups in total. The summed E-state index contributed by atoms with van der Waals surface area (Å²) in [5, 5.41) is 8.27. The molecule has 0 saturated heterocycles. The van der Waals surface area contributed by atoms with Crippen LogP contribution < -0.4 is 5.73 Å². The molecular weight excluding hydrogens is 244 g/mol. The number of hydrogen-bond acceptors (Lipinski definition) is 4. The van der Waals surface area contributed by atoms with Crippen molar-refractivity contribution in [2.75, 3.05) is 0 Å². The predicted molar refractivity (Wildman–Crippen MR) is 73.1 cm³/mol. The number of benzene rings is 1. The molecular formula is C13H14N4S. The van der Waals surface area contributed by atoms with Crippen LogP contribution in [0.3, 0.4) is 0 Å². The number of rotatable bonds is 3. The Morgan fingerprint density at radius 3 is 2.72 bits per heavy atom. The molecule has 4 nitrogen and oxygen atoms in total. The van der Waals surface area contributed by atoms with Crippen LogP contribution >= 0.6 is 11.8 Å². The zero-order chi connectivity index (χ0) is 13.1. The Hall–Kier alpha value is -1.88. The fraction of sp³-hybridized carbons (Fsp3) is 0.154. The Morgan fingerprint density at radius 2 is 2.06 bits per heavy atom. The predicted octanol–water partition coefficient (Wildman–Crippen LogP) is 2.53. The van der Waals surface area contributed by atoms with E-state index >= 15 is 0 Å². The molecule has 0 radical (unpaired) electrons. The third-order valence-electron chi connectivity index (χ3n) is 2.40. The van der Waals surface area contributed by atoms with Crippen LogP contribution in [0.4, 0.5) is 0 Å². The first-order valence-electron chi connectivity index (χ1n) is 5.49. The van der Waals surface area contributed by atoms with Gasteiger partial charge in [-0.05, 0) is 43.8 Å². The van der Waals surface area contributed by atoms with E-state index < -0.39 is 0 Å². The molecule has 0 amide bonds. The van der Waals surface area contributed by atoms with Gasteiger partial charge in [-0.2, -0.15) is 0 Å². The van der Waals surface area contributed by atoms with Gasteiger partial charge in [0, 0.05) is 22.3 Å². The Balaban J connectivity index is 2.37. The van der Waals surface area contributed by atoms with Gasteiger partial charge in [0.05, 0.1) is 0 Å². The largest absolute Gasteiger partial charge is 0.384 e. The highest BCUT2D eigenvalue weighted by Crippen LogP contribution is 2.28. The maximum absolute atomic E-state index is 7.60. The number of nitrogens with zero attached hydrogens (tertiary/aromatic N) is 2. The summed E-state index contributed by atoms with van der Waals surface area (Å²) in [4.78, 5) is 9.43. The van der Waals surface area contributed by atoms with Crippen molar-refractivity contribution in [3.8, 4) is 0 Å². The molecule has 0 aliphatic heterocycles. The summed E-state index contributed by atoms with van der Waals surface area (Å²) in [6.07, 6.45) is 1.73. The second-order valence-electron chi connectivity index (χ2n) is 4.00. The summed E-state index contributed by atoms with van der Waals surface area (Å²) in [7, 11) is 0. The molecule has 0 bridgehead atoms. The molecule has 2 aromatic rings. The third-order valence-corrected chi connectivity index (χ3v) is 3.35. The van der Waals surface area contributed by atoms with Crippen molar-refractivity contribution in [2.24, 2.45) is 5.73 Å². The van der Waals surface area contributed by atoms with Crippen LogP contribution in [0.2, 0.25) is 0 Å². The van der Waals surface area contributed by atoms with Gasteiger partial charge in [0.25, 0.3) is 0 Å². The van der Waals surface area contributed by atoms with E-state index in [4.69, 9.17) is 11.1 Å². The fourth-order valence-electron chi connectivity index (χ4n) is 1.52. The molecule has 1 aromatic carbocycles. The summed E-state index contributed by atoms with van der Waals surface area (Å²) in [6.45, 7) is 3.90. The summed E-state index contributed by atoms with van der Waals surface area (Å²) in [5.41, 5.74) is 8.32. The Kier molecular flexibility index (Phi) is 3.62. The van der Waals surface area contributed by atoms with Gasteiger partial charge < -0.3 is 5.73 Å². The average Bonchev–Trinajstić information content (AvgIpc) is 2.31. The number of nitrogens with two attached hydrogens (primary N) is 1. The minimum absolute atomic E-state index is 0.0638. The van der Waals surface area contributed by atoms with Crippen molar-refractivity contribution in [2.45, 2.75) is 23.9 Å². The lowest BCUT2D eigenvalue weighted by Gasteiger charge is -2.08. The van der Waals surface area contributed by atoms with E-state index in [9.17, 15) is 0 Å². The van der Waals surface area contributed by atoms with Gasteiger partial charge in [-0.3, -0.25) is 5.41 Å². The molecule has 0 atom stereocenters. The quantitative estimate of drug-likeness (QED) is 0.504. The van der Waals surface area contributed by atoms with Crippen LogP contribution in [-0.4, -0.2) is 15.8 Å². The number of aromatic nitrogens is 2. The average molecular weight is 258 g/mol. The molecule has 2 rings (SSSR count). The van der Waals surface area contributed by atoms with Crippen molar-refractivity contribution in [3.63, 3.8) is 0 Å². The van der Waals surface area contributed by atoms with E-state index in [2.05, 4.69) is 9.97 Å². The molecule has 0 saturated carbocycles. The van der Waals surface area contributed by atoms with E-state index in [1.165, 1.54) is 11.8 Å². The van der Waals surface area contributed by atoms with Gasteiger partial charge >= 0.3 is 0 Å². The third kappa shape index (κ3) is 2.87. The summed E-state index contributed by atoms with van der Waals surface area (Å²) < 4.78 is 0. The van der Waals surface area contributed by atoms with E-state index in [0.29, 0.717) is 5.16 Å². The van der Waals surface area contributed by atoms with Crippen molar-refractivity contribution < 1.29 is 0 Å². The zero-order valence-corrected chi connectivity index (χ0v) is 11.1. The number of aryl methyl sites for hydroxylation is 2. The molecule has 5 heteroatoms. The van der Waals surface area contributed by atoms with Gasteiger partial charge in [-0.1, -0.05) is 11.6 Å². The van der Waals surface area contributed by atoms with Crippen molar-refractivity contribution in [1.29, 1.82) is 5.41 Å². The van der Waals surface area contributed by atoms with E-state index in [0.717, 1.165) is 21.7 Å². The smallest absolute Gasteiger partial charge is 0.192 e. The number of nitrogen functional groups attached to an aromatic ring is 1. The SMILES string of the molecule is Cc1ccc(Sc2nccc(C)n2)c(C(=N)N)c1. The van der Waals surface area contributed by atoms with Gasteiger partial charge in [-0.15, -0.1) is 0 Å². The monoisotopic (exact) mass is 258 g/mol. The van der Waals surface area contributed by atoms with E-state index in [-0.39, 0.29) is 5.84 Å². The van der Waals surface area contributed by atoms with Crippen LogP contribution in [0.25, 0.3) is 0 Å². The zero-order valence-electron chi connectivity index (χ0n) is 10.3. The highest BCUT2D eigenvalue weighted by atomic mass is 32.2. The number of hydrogen-bond donors (Lipinski definition) is 2. The number of nitrogens with one attached hydrogen (secondary N) is 1. The van der Waals surface area contributed by atoms with Gasteiger partial charge in [0.1, 0.15) is 5.84 Å². The normalized spacial score (nSPS) is 10.3. The van der Waals surface area contributed by atoms with Gasteiger partial charge in [0.2, 0.25) is 0 Å². The second kappa shape index (κ2) is 5.18. The number of amidine groups is 1. The van der Waals surface area contributed by atoms with E-state index in [1.807, 2.05) is 38.1 Å². The Labute approximate surface area is 110 Å². The molecule has 1 heterocycles. The van der Waals surface area contributed by atoms with Crippen LogP contribution in [0.15, 0.2) is 40.5 Å². The topological polar surface area (TPSA) is 75.7 Å². The van der Waals surface area contributed by atoms with Crippen LogP contribution in [0.1, 0.15) is 16.8 Å². The van der Waals surface area contributed by atoms with E-state index in [1.54, 1.807) is 6.20 Å². The lowest BCUT2D eigenvalue weighted by atomic mass is 10.1. The van der Waals surface area contributed by atoms with Crippen LogP contribution in [0, 0.1) is 19.3 Å². The second-order valence-corrected chi connectivity index (χ2v) is 5.01. The minimum atomic E-state index is 0.0638. The Bertz CT molecular complexity index is 595. The first-order valence-corrected chi connectivity index (χ1v) is 6.30. The lowest BCUT2D eigenvalue weighted by molar-refractivity contribution is 0.932. The molecule has 0 fully saturated rings. The van der Waals surface area contributed by atoms with Gasteiger partial charge in [-0.25, -0.2) is 9.97 Å². The standard InChI is InChI=1S/C13H14N4S/c1-8-3-4-11(10(7-8)12(14)15)18-13-16-6-5-9(2)17-13/h3-7H,1-2H3,(H3,14,15). The molecule has 0 aliphatic rings. The van der Waals surface area contributed by atoms with Gasteiger partial charge in [0.15, 0.2) is 5.16 Å². The van der Waals surface area contributed by atoms with Crippen molar-refractivity contribution >= 4 is 17.6 Å². The van der Waals surface area contributed by atoms with Crippen molar-refractivity contribution in [1.82, 2.24) is 9.97 Å². The molecule has 92 valence electrons. The molecule has 0 aliphatic carbocycles. The first kappa shape index (κ1) is 12.6. The highest BCUT2D eigenvalue weighted by Gasteiger charge is 2.09. The maximum Gasteiger partial charge on any atom is 0.192 e. The fourth-order valence-corrected chi connectivity index (χ4v) is 2.43. The lowest BCUT2D eigenvalue weighted by Crippen LogP contribution is -2.12.